The average Bonchev–Trinajstić information content (AvgIpc) is 2.45. The Morgan fingerprint density at radius 3 is 2.82 bits per heavy atom. The van der Waals surface area contributed by atoms with Crippen LogP contribution in [0, 0.1) is 5.82 Å². The number of sulfonamides is 1. The van der Waals surface area contributed by atoms with E-state index in [0.29, 0.717) is 12.6 Å². The van der Waals surface area contributed by atoms with Gasteiger partial charge in [-0.3, -0.25) is 4.90 Å². The van der Waals surface area contributed by atoms with Crippen LogP contribution in [0.4, 0.5) is 4.39 Å². The normalized spacial score (nSPS) is 21.7. The molecule has 0 spiro atoms. The van der Waals surface area contributed by atoms with Crippen molar-refractivity contribution in [2.45, 2.75) is 50.1 Å². The summed E-state index contributed by atoms with van der Waals surface area (Å²) in [5.41, 5.74) is 0. The van der Waals surface area contributed by atoms with E-state index < -0.39 is 15.8 Å². The van der Waals surface area contributed by atoms with E-state index in [9.17, 15) is 12.8 Å². The van der Waals surface area contributed by atoms with Crippen LogP contribution in [0.25, 0.3) is 0 Å². The first kappa shape index (κ1) is 17.7. The minimum absolute atomic E-state index is 0.0885. The van der Waals surface area contributed by atoms with E-state index in [0.717, 1.165) is 31.5 Å². The van der Waals surface area contributed by atoms with E-state index in [1.54, 1.807) is 0 Å². The zero-order chi connectivity index (χ0) is 16.3. The van der Waals surface area contributed by atoms with Crippen molar-refractivity contribution in [1.29, 1.82) is 0 Å². The van der Waals surface area contributed by atoms with Crippen molar-refractivity contribution >= 4 is 21.6 Å². The molecule has 0 bridgehead atoms. The molecule has 1 aliphatic rings. The van der Waals surface area contributed by atoms with E-state index in [4.69, 9.17) is 11.6 Å². The molecule has 0 saturated carbocycles. The number of halogens is 2. The first-order chi connectivity index (χ1) is 10.3. The van der Waals surface area contributed by atoms with Gasteiger partial charge in [0, 0.05) is 18.6 Å². The maximum atomic E-state index is 13.0. The first-order valence-electron chi connectivity index (χ1n) is 7.51. The predicted octanol–water partition coefficient (Wildman–Crippen LogP) is 3.02. The molecular formula is C15H22ClFN2O2S. The summed E-state index contributed by atoms with van der Waals surface area (Å²) >= 11 is 5.83. The summed E-state index contributed by atoms with van der Waals surface area (Å²) in [4.78, 5) is 2.23. The van der Waals surface area contributed by atoms with E-state index >= 15 is 0 Å². The van der Waals surface area contributed by atoms with Crippen molar-refractivity contribution < 1.29 is 12.8 Å². The minimum atomic E-state index is -3.73. The first-order valence-corrected chi connectivity index (χ1v) is 9.38. The van der Waals surface area contributed by atoms with Crippen molar-refractivity contribution in [2.24, 2.45) is 0 Å². The molecule has 1 fully saturated rings. The minimum Gasteiger partial charge on any atom is -0.297 e. The second-order valence-corrected chi connectivity index (χ2v) is 8.00. The monoisotopic (exact) mass is 348 g/mol. The maximum absolute atomic E-state index is 13.0. The van der Waals surface area contributed by atoms with Gasteiger partial charge in [0.05, 0.1) is 5.02 Å². The number of rotatable bonds is 5. The third-order valence-corrected chi connectivity index (χ3v) is 6.08. The molecule has 2 atom stereocenters. The summed E-state index contributed by atoms with van der Waals surface area (Å²) < 4.78 is 40.2. The molecule has 1 heterocycles. The summed E-state index contributed by atoms with van der Waals surface area (Å²) in [6.45, 7) is 5.47. The molecule has 1 N–H and O–H groups in total. The summed E-state index contributed by atoms with van der Waals surface area (Å²) in [5.74, 6) is -0.556. The van der Waals surface area contributed by atoms with Gasteiger partial charge in [0.2, 0.25) is 10.0 Å². The van der Waals surface area contributed by atoms with Gasteiger partial charge in [-0.1, -0.05) is 18.0 Å². The van der Waals surface area contributed by atoms with Gasteiger partial charge < -0.3 is 0 Å². The van der Waals surface area contributed by atoms with Gasteiger partial charge in [-0.2, -0.15) is 0 Å². The Morgan fingerprint density at radius 1 is 1.45 bits per heavy atom. The van der Waals surface area contributed by atoms with Crippen LogP contribution < -0.4 is 4.72 Å². The van der Waals surface area contributed by atoms with Crippen molar-refractivity contribution in [1.82, 2.24) is 9.62 Å². The zero-order valence-electron chi connectivity index (χ0n) is 12.9. The molecule has 1 aliphatic heterocycles. The molecule has 1 saturated heterocycles. The predicted molar refractivity (Wildman–Crippen MR) is 86.1 cm³/mol. The molecule has 0 aliphatic carbocycles. The second-order valence-electron chi connectivity index (χ2n) is 5.86. The quantitative estimate of drug-likeness (QED) is 0.889. The lowest BCUT2D eigenvalue weighted by Crippen LogP contribution is -2.48. The Kier molecular flexibility index (Phi) is 5.82. The number of piperidine rings is 1. The number of likely N-dealkylation sites (tertiary alicyclic amines) is 1. The molecule has 22 heavy (non-hydrogen) atoms. The lowest BCUT2D eigenvalue weighted by molar-refractivity contribution is 0.116. The van der Waals surface area contributed by atoms with Gasteiger partial charge in [-0.15, -0.1) is 0 Å². The molecule has 124 valence electrons. The van der Waals surface area contributed by atoms with Gasteiger partial charge >= 0.3 is 0 Å². The van der Waals surface area contributed by atoms with Gasteiger partial charge in [0.1, 0.15) is 10.7 Å². The van der Waals surface area contributed by atoms with Crippen LogP contribution in [-0.4, -0.2) is 38.5 Å². The summed E-state index contributed by atoms with van der Waals surface area (Å²) in [6, 6.07) is 3.85. The van der Waals surface area contributed by atoms with Gasteiger partial charge in [0.25, 0.3) is 0 Å². The number of nitrogens with zero attached hydrogens (tertiary/aromatic N) is 1. The SMILES string of the molecule is C[C@@H]1CCCCN1[C@@H](C)CNS(=O)(=O)c1ccc(F)cc1Cl. The highest BCUT2D eigenvalue weighted by atomic mass is 35.5. The Hall–Kier alpha value is -0.690. The average molecular weight is 349 g/mol. The smallest absolute Gasteiger partial charge is 0.242 e. The van der Waals surface area contributed by atoms with Crippen molar-refractivity contribution in [3.05, 3.63) is 29.0 Å². The van der Waals surface area contributed by atoms with Gasteiger partial charge in [-0.25, -0.2) is 17.5 Å². The number of hydrogen-bond donors (Lipinski definition) is 1. The molecule has 7 heteroatoms. The molecule has 4 nitrogen and oxygen atoms in total. The summed E-state index contributed by atoms with van der Waals surface area (Å²) in [5, 5.41) is -0.105. The number of hydrogen-bond acceptors (Lipinski definition) is 3. The third kappa shape index (κ3) is 4.19. The largest absolute Gasteiger partial charge is 0.297 e. The fourth-order valence-corrected chi connectivity index (χ4v) is 4.54. The van der Waals surface area contributed by atoms with Gasteiger partial charge in [0.15, 0.2) is 0 Å². The molecule has 0 amide bonds. The van der Waals surface area contributed by atoms with Crippen LogP contribution >= 0.6 is 11.6 Å². The molecule has 1 aromatic carbocycles. The molecule has 2 rings (SSSR count). The number of benzene rings is 1. The van der Waals surface area contributed by atoms with E-state index in [2.05, 4.69) is 16.5 Å². The van der Waals surface area contributed by atoms with Crippen molar-refractivity contribution in [3.8, 4) is 0 Å². The highest BCUT2D eigenvalue weighted by Crippen LogP contribution is 2.23. The highest BCUT2D eigenvalue weighted by molar-refractivity contribution is 7.89. The maximum Gasteiger partial charge on any atom is 0.242 e. The molecule has 0 aromatic heterocycles. The molecule has 1 aromatic rings. The molecule has 0 radical (unpaired) electrons. The van der Waals surface area contributed by atoms with E-state index in [1.807, 2.05) is 6.92 Å². The van der Waals surface area contributed by atoms with Crippen molar-refractivity contribution in [2.75, 3.05) is 13.1 Å². The molecular weight excluding hydrogens is 327 g/mol. The Morgan fingerprint density at radius 2 is 2.18 bits per heavy atom. The lowest BCUT2D eigenvalue weighted by Gasteiger charge is -2.38. The fourth-order valence-electron chi connectivity index (χ4n) is 2.89. The third-order valence-electron chi connectivity index (χ3n) is 4.17. The topological polar surface area (TPSA) is 49.4 Å². The van der Waals surface area contributed by atoms with Crippen LogP contribution in [0.15, 0.2) is 23.1 Å². The van der Waals surface area contributed by atoms with E-state index in [-0.39, 0.29) is 16.0 Å². The van der Waals surface area contributed by atoms with Crippen molar-refractivity contribution in [3.63, 3.8) is 0 Å². The Bertz CT molecular complexity index is 624. The second kappa shape index (κ2) is 7.25. The van der Waals surface area contributed by atoms with Crippen LogP contribution in [-0.2, 0) is 10.0 Å². The summed E-state index contributed by atoms with van der Waals surface area (Å²) in [6.07, 6.45) is 3.51. The van der Waals surface area contributed by atoms with E-state index in [1.165, 1.54) is 12.5 Å². The van der Waals surface area contributed by atoms with Crippen LogP contribution in [0.3, 0.4) is 0 Å². The number of nitrogens with one attached hydrogen (secondary N) is 1. The zero-order valence-corrected chi connectivity index (χ0v) is 14.4. The van der Waals surface area contributed by atoms with Crippen LogP contribution in [0.1, 0.15) is 33.1 Å². The van der Waals surface area contributed by atoms with Gasteiger partial charge in [-0.05, 0) is 51.4 Å². The lowest BCUT2D eigenvalue weighted by atomic mass is 10.0. The fraction of sp³-hybridized carbons (Fsp3) is 0.600. The van der Waals surface area contributed by atoms with Crippen LogP contribution in [0.5, 0.6) is 0 Å². The Labute approximate surface area is 136 Å². The van der Waals surface area contributed by atoms with Crippen LogP contribution in [0.2, 0.25) is 5.02 Å². The molecule has 0 unspecified atom stereocenters. The Balaban J connectivity index is 2.03. The summed E-state index contributed by atoms with van der Waals surface area (Å²) in [7, 11) is -3.73. The highest BCUT2D eigenvalue weighted by Gasteiger charge is 2.25. The standard InChI is InChI=1S/C15H22ClFN2O2S/c1-11-5-3-4-8-19(11)12(2)10-18-22(20,21)15-7-6-13(17)9-14(15)16/h6-7,9,11-12,18H,3-5,8,10H2,1-2H3/t11-,12+/m1/s1.